The molecule has 4 unspecified atom stereocenters. The number of hydrogen-bond donors (Lipinski definition) is 0. The lowest BCUT2D eigenvalue weighted by atomic mass is 9.97. The minimum atomic E-state index is -0.799. The highest BCUT2D eigenvalue weighted by atomic mass is 16.8. The summed E-state index contributed by atoms with van der Waals surface area (Å²) < 4.78 is 35.9. The minimum Gasteiger partial charge on any atom is -0.454 e. The number of methoxy groups -OCH3 is 1. The number of hydrogen-bond acceptors (Lipinski definition) is 7. The molecule has 2 saturated heterocycles. The van der Waals surface area contributed by atoms with Crippen LogP contribution in [0.1, 0.15) is 24.3 Å². The number of ether oxygens (including phenoxy) is 6. The van der Waals surface area contributed by atoms with Crippen LogP contribution >= 0.6 is 0 Å². The lowest BCUT2D eigenvalue weighted by Crippen LogP contribution is -2.63. The van der Waals surface area contributed by atoms with Gasteiger partial charge in [0, 0.05) is 19.6 Å². The van der Waals surface area contributed by atoms with Crippen molar-refractivity contribution in [2.45, 2.75) is 50.5 Å². The maximum Gasteiger partial charge on any atom is 0.303 e. The van der Waals surface area contributed by atoms with Gasteiger partial charge in [0.1, 0.15) is 18.3 Å². The van der Waals surface area contributed by atoms with Crippen molar-refractivity contribution in [1.29, 1.82) is 0 Å². The number of fused-ring (bicyclic) bond motifs is 2. The second-order valence-electron chi connectivity index (χ2n) is 8.49. The van der Waals surface area contributed by atoms with E-state index in [-0.39, 0.29) is 0 Å². The Morgan fingerprint density at radius 3 is 2.47 bits per heavy atom. The molecule has 5 rings (SSSR count). The highest BCUT2D eigenvalue weighted by Gasteiger charge is 2.52. The first-order valence-corrected chi connectivity index (χ1v) is 11.4. The lowest BCUT2D eigenvalue weighted by molar-refractivity contribution is -0.364. The molecule has 3 aromatic carbocycles. The van der Waals surface area contributed by atoms with Crippen molar-refractivity contribution in [3.63, 3.8) is 0 Å². The van der Waals surface area contributed by atoms with Gasteiger partial charge in [0.05, 0.1) is 13.2 Å². The van der Waals surface area contributed by atoms with E-state index in [1.807, 2.05) is 48.5 Å². The van der Waals surface area contributed by atoms with Crippen LogP contribution in [0.4, 0.5) is 0 Å². The molecule has 2 aliphatic heterocycles. The van der Waals surface area contributed by atoms with Crippen molar-refractivity contribution < 1.29 is 33.2 Å². The quantitative estimate of drug-likeness (QED) is 0.508. The van der Waals surface area contributed by atoms with Gasteiger partial charge in [0.25, 0.3) is 0 Å². The Bertz CT molecular complexity index is 1120. The maximum absolute atomic E-state index is 11.9. The van der Waals surface area contributed by atoms with E-state index in [1.165, 1.54) is 14.0 Å². The van der Waals surface area contributed by atoms with E-state index in [0.717, 1.165) is 21.9 Å². The van der Waals surface area contributed by atoms with E-state index in [2.05, 4.69) is 24.3 Å². The summed E-state index contributed by atoms with van der Waals surface area (Å²) in [5, 5.41) is 2.29. The molecular formula is C27H28O7. The van der Waals surface area contributed by atoms with Gasteiger partial charge in [-0.05, 0) is 22.4 Å². The van der Waals surface area contributed by atoms with E-state index >= 15 is 0 Å². The SMILES string of the molecule is COC1OC2COC(c3ccccc3)OC2[C@H](OCc2ccc3ccccc3c2)[C@H]1OC(C)=O. The standard InChI is InChI=1S/C27H28O7/c1-17(28)32-25-24(30-15-18-12-13-19-8-6-7-11-21(19)14-18)23-22(33-27(25)29-2)16-31-26(34-23)20-9-4-3-5-10-20/h3-14,22-27H,15-16H2,1-2H3/t22?,23?,24-,25+,26?,27?/m0/s1. The topological polar surface area (TPSA) is 72.5 Å². The van der Waals surface area contributed by atoms with Crippen molar-refractivity contribution in [3.05, 3.63) is 83.9 Å². The average Bonchev–Trinajstić information content (AvgIpc) is 2.87. The minimum absolute atomic E-state index is 0.298. The summed E-state index contributed by atoms with van der Waals surface area (Å²) >= 11 is 0. The third kappa shape index (κ3) is 4.85. The van der Waals surface area contributed by atoms with E-state index < -0.39 is 43.0 Å². The van der Waals surface area contributed by atoms with Crippen LogP contribution in [0, 0.1) is 0 Å². The van der Waals surface area contributed by atoms with Crippen LogP contribution in [0.2, 0.25) is 0 Å². The molecule has 0 bridgehead atoms. The van der Waals surface area contributed by atoms with Gasteiger partial charge in [-0.25, -0.2) is 0 Å². The van der Waals surface area contributed by atoms with Gasteiger partial charge in [0.15, 0.2) is 18.7 Å². The molecule has 2 heterocycles. The predicted molar refractivity (Wildman–Crippen MR) is 124 cm³/mol. The highest BCUT2D eigenvalue weighted by Crippen LogP contribution is 2.37. The molecule has 0 N–H and O–H groups in total. The second kappa shape index (κ2) is 10.2. The molecule has 2 aliphatic rings. The zero-order chi connectivity index (χ0) is 23.5. The fourth-order valence-corrected chi connectivity index (χ4v) is 4.54. The summed E-state index contributed by atoms with van der Waals surface area (Å²) in [6, 6.07) is 24.1. The van der Waals surface area contributed by atoms with Crippen molar-refractivity contribution in [3.8, 4) is 0 Å². The molecule has 178 valence electrons. The van der Waals surface area contributed by atoms with E-state index in [9.17, 15) is 4.79 Å². The molecule has 0 aliphatic carbocycles. The van der Waals surface area contributed by atoms with Gasteiger partial charge < -0.3 is 28.4 Å². The Labute approximate surface area is 198 Å². The number of rotatable bonds is 6. The molecule has 7 heteroatoms. The third-order valence-corrected chi connectivity index (χ3v) is 6.15. The number of benzene rings is 3. The monoisotopic (exact) mass is 464 g/mol. The Morgan fingerprint density at radius 1 is 0.941 bits per heavy atom. The zero-order valence-electron chi connectivity index (χ0n) is 19.2. The van der Waals surface area contributed by atoms with Gasteiger partial charge in [0.2, 0.25) is 0 Å². The third-order valence-electron chi connectivity index (χ3n) is 6.15. The smallest absolute Gasteiger partial charge is 0.303 e. The summed E-state index contributed by atoms with van der Waals surface area (Å²) in [4.78, 5) is 11.9. The van der Waals surface area contributed by atoms with Crippen molar-refractivity contribution >= 4 is 16.7 Å². The first-order valence-electron chi connectivity index (χ1n) is 11.4. The van der Waals surface area contributed by atoms with Crippen molar-refractivity contribution in [2.75, 3.05) is 13.7 Å². The normalized spacial score (nSPS) is 28.9. The predicted octanol–water partition coefficient (Wildman–Crippen LogP) is 4.14. The van der Waals surface area contributed by atoms with Gasteiger partial charge in [-0.1, -0.05) is 66.7 Å². The summed E-state index contributed by atoms with van der Waals surface area (Å²) in [6.07, 6.45) is -3.73. The molecule has 2 fully saturated rings. The molecule has 0 spiro atoms. The fraction of sp³-hybridized carbons (Fsp3) is 0.370. The number of carbonyl (C=O) groups is 1. The molecule has 0 amide bonds. The molecule has 7 nitrogen and oxygen atoms in total. The summed E-state index contributed by atoms with van der Waals surface area (Å²) in [6.45, 7) is 1.97. The lowest BCUT2D eigenvalue weighted by Gasteiger charge is -2.48. The van der Waals surface area contributed by atoms with Gasteiger partial charge in [-0.3, -0.25) is 4.79 Å². The van der Waals surface area contributed by atoms with Crippen LogP contribution in [0.3, 0.4) is 0 Å². The highest BCUT2D eigenvalue weighted by molar-refractivity contribution is 5.82. The first kappa shape index (κ1) is 23.0. The summed E-state index contributed by atoms with van der Waals surface area (Å²) in [5.41, 5.74) is 1.90. The average molecular weight is 465 g/mol. The maximum atomic E-state index is 11.9. The van der Waals surface area contributed by atoms with Crippen molar-refractivity contribution in [1.82, 2.24) is 0 Å². The molecule has 0 radical (unpaired) electrons. The van der Waals surface area contributed by atoms with Crippen molar-refractivity contribution in [2.24, 2.45) is 0 Å². The van der Waals surface area contributed by atoms with Crippen LogP contribution in [-0.4, -0.2) is 50.4 Å². The molecule has 0 saturated carbocycles. The Morgan fingerprint density at radius 2 is 1.71 bits per heavy atom. The second-order valence-corrected chi connectivity index (χ2v) is 8.49. The number of carbonyl (C=O) groups excluding carboxylic acids is 1. The Kier molecular flexibility index (Phi) is 6.89. The van der Waals surface area contributed by atoms with E-state index in [4.69, 9.17) is 28.4 Å². The molecule has 34 heavy (non-hydrogen) atoms. The molecule has 6 atom stereocenters. The van der Waals surface area contributed by atoms with E-state index in [1.54, 1.807) is 0 Å². The Balaban J connectivity index is 1.41. The van der Waals surface area contributed by atoms with Crippen LogP contribution < -0.4 is 0 Å². The van der Waals surface area contributed by atoms with Crippen LogP contribution in [0.5, 0.6) is 0 Å². The van der Waals surface area contributed by atoms with Gasteiger partial charge >= 0.3 is 5.97 Å². The van der Waals surface area contributed by atoms with Gasteiger partial charge in [-0.2, -0.15) is 0 Å². The molecule has 0 aromatic heterocycles. The molecule has 3 aromatic rings. The van der Waals surface area contributed by atoms with Crippen LogP contribution in [0.25, 0.3) is 10.8 Å². The first-order chi connectivity index (χ1) is 16.6. The van der Waals surface area contributed by atoms with Crippen LogP contribution in [-0.2, 0) is 39.8 Å². The number of esters is 1. The summed E-state index contributed by atoms with van der Waals surface area (Å²) in [5.74, 6) is -0.444. The molecular weight excluding hydrogens is 436 g/mol. The van der Waals surface area contributed by atoms with Crippen LogP contribution in [0.15, 0.2) is 72.8 Å². The summed E-state index contributed by atoms with van der Waals surface area (Å²) in [7, 11) is 1.51. The zero-order valence-corrected chi connectivity index (χ0v) is 19.2. The largest absolute Gasteiger partial charge is 0.454 e. The van der Waals surface area contributed by atoms with Gasteiger partial charge in [-0.15, -0.1) is 0 Å². The Hall–Kier alpha value is -2.81. The fourth-order valence-electron chi connectivity index (χ4n) is 4.54. The van der Waals surface area contributed by atoms with E-state index in [0.29, 0.717) is 13.2 Å².